The fraction of sp³-hybridized carbons (Fsp3) is 0.310. The topological polar surface area (TPSA) is 86.8 Å². The molecule has 2 amide bonds. The normalized spacial score (nSPS) is 12.2. The van der Waals surface area contributed by atoms with Crippen LogP contribution in [0.2, 0.25) is 20.1 Å². The summed E-state index contributed by atoms with van der Waals surface area (Å²) in [5, 5.41) is 3.82. The van der Waals surface area contributed by atoms with Crippen LogP contribution in [0, 0.1) is 6.92 Å². The van der Waals surface area contributed by atoms with Crippen LogP contribution in [0.15, 0.2) is 65.6 Å². The van der Waals surface area contributed by atoms with Gasteiger partial charge in [0, 0.05) is 38.2 Å². The zero-order chi connectivity index (χ0) is 30.5. The Bertz CT molecular complexity index is 1470. The van der Waals surface area contributed by atoms with Crippen LogP contribution in [0.5, 0.6) is 0 Å². The molecular formula is C29H31Cl4N3O4S. The molecule has 3 aromatic rings. The van der Waals surface area contributed by atoms with Gasteiger partial charge in [0.15, 0.2) is 0 Å². The molecule has 0 aromatic heterocycles. The number of carbonyl (C=O) groups is 2. The predicted molar refractivity (Wildman–Crippen MR) is 167 cm³/mol. The molecule has 0 aliphatic carbocycles. The summed E-state index contributed by atoms with van der Waals surface area (Å²) in [6.45, 7) is 6.42. The van der Waals surface area contributed by atoms with Crippen molar-refractivity contribution in [1.29, 1.82) is 0 Å². The van der Waals surface area contributed by atoms with Gasteiger partial charge in [0.25, 0.3) is 10.0 Å². The Morgan fingerprint density at radius 1 is 0.902 bits per heavy atom. The first-order valence-electron chi connectivity index (χ1n) is 12.8. The molecule has 0 bridgehead atoms. The summed E-state index contributed by atoms with van der Waals surface area (Å²) in [6.07, 6.45) is 0.250. The van der Waals surface area contributed by atoms with Crippen LogP contribution in [-0.2, 0) is 26.2 Å². The number of amides is 2. The second-order valence-electron chi connectivity index (χ2n) is 9.76. The van der Waals surface area contributed by atoms with E-state index in [1.165, 1.54) is 35.2 Å². The summed E-state index contributed by atoms with van der Waals surface area (Å²) in [5.41, 5.74) is 1.38. The third-order valence-electron chi connectivity index (χ3n) is 6.23. The van der Waals surface area contributed by atoms with E-state index in [4.69, 9.17) is 46.4 Å². The number of hydrogen-bond acceptors (Lipinski definition) is 4. The van der Waals surface area contributed by atoms with Gasteiger partial charge in [-0.15, -0.1) is 0 Å². The van der Waals surface area contributed by atoms with E-state index >= 15 is 0 Å². The molecule has 220 valence electrons. The SMILES string of the molecule is CC[C@H](C(=O)NC(C)C)N(Cc1c(Cl)cccc1Cl)C(=O)CN(c1cc(Cl)cc(Cl)c1)S(=O)(=O)c1ccc(C)cc1. The highest BCUT2D eigenvalue weighted by Crippen LogP contribution is 2.31. The average molecular weight is 659 g/mol. The number of nitrogens with one attached hydrogen (secondary N) is 1. The Kier molecular flexibility index (Phi) is 11.4. The van der Waals surface area contributed by atoms with Crippen molar-refractivity contribution in [2.75, 3.05) is 10.8 Å². The number of sulfonamides is 1. The van der Waals surface area contributed by atoms with Crippen LogP contribution in [0.1, 0.15) is 38.3 Å². The summed E-state index contributed by atoms with van der Waals surface area (Å²) in [4.78, 5) is 28.7. The third kappa shape index (κ3) is 8.30. The lowest BCUT2D eigenvalue weighted by Gasteiger charge is -2.34. The van der Waals surface area contributed by atoms with Crippen molar-refractivity contribution in [3.8, 4) is 0 Å². The molecule has 0 fully saturated rings. The zero-order valence-electron chi connectivity index (χ0n) is 23.0. The van der Waals surface area contributed by atoms with Gasteiger partial charge in [0.2, 0.25) is 11.8 Å². The molecule has 0 saturated carbocycles. The summed E-state index contributed by atoms with van der Waals surface area (Å²) in [6, 6.07) is 14.3. The van der Waals surface area contributed by atoms with E-state index in [2.05, 4.69) is 5.32 Å². The van der Waals surface area contributed by atoms with Crippen LogP contribution >= 0.6 is 46.4 Å². The standard InChI is InChI=1S/C29H31Cl4N3O4S/c1-5-27(29(38)34-18(2)3)35(16-24-25(32)7-6-8-26(24)33)28(37)17-36(22-14-20(30)13-21(31)15-22)41(39,40)23-11-9-19(4)10-12-23/h6-15,18,27H,5,16-17H2,1-4H3,(H,34,38)/t27-/m1/s1. The van der Waals surface area contributed by atoms with Crippen LogP contribution < -0.4 is 9.62 Å². The van der Waals surface area contributed by atoms with Gasteiger partial charge in [0.1, 0.15) is 12.6 Å². The third-order valence-corrected chi connectivity index (χ3v) is 9.16. The number of benzene rings is 3. The van der Waals surface area contributed by atoms with Crippen molar-refractivity contribution in [1.82, 2.24) is 10.2 Å². The number of anilines is 1. The van der Waals surface area contributed by atoms with Gasteiger partial charge in [-0.3, -0.25) is 13.9 Å². The molecule has 1 N–H and O–H groups in total. The Morgan fingerprint density at radius 3 is 1.98 bits per heavy atom. The Morgan fingerprint density at radius 2 is 1.46 bits per heavy atom. The van der Waals surface area contributed by atoms with E-state index in [1.54, 1.807) is 51.1 Å². The maximum absolute atomic E-state index is 14.1. The molecule has 7 nitrogen and oxygen atoms in total. The minimum Gasteiger partial charge on any atom is -0.352 e. The van der Waals surface area contributed by atoms with E-state index in [0.29, 0.717) is 15.6 Å². The number of halogens is 4. The number of hydrogen-bond donors (Lipinski definition) is 1. The quantitative estimate of drug-likeness (QED) is 0.237. The van der Waals surface area contributed by atoms with Gasteiger partial charge in [0.05, 0.1) is 10.6 Å². The van der Waals surface area contributed by atoms with Crippen LogP contribution in [0.4, 0.5) is 5.69 Å². The Labute approximate surface area is 261 Å². The average Bonchev–Trinajstić information content (AvgIpc) is 2.87. The first kappa shape index (κ1) is 33.0. The van der Waals surface area contributed by atoms with Crippen LogP contribution in [-0.4, -0.2) is 43.8 Å². The maximum atomic E-state index is 14.1. The molecule has 1 atom stereocenters. The lowest BCUT2D eigenvalue weighted by molar-refractivity contribution is -0.140. The van der Waals surface area contributed by atoms with Crippen molar-refractivity contribution in [2.45, 2.75) is 57.6 Å². The first-order valence-corrected chi connectivity index (χ1v) is 15.8. The minimum atomic E-state index is -4.28. The summed E-state index contributed by atoms with van der Waals surface area (Å²) < 4.78 is 28.9. The zero-order valence-corrected chi connectivity index (χ0v) is 26.8. The smallest absolute Gasteiger partial charge is 0.264 e. The van der Waals surface area contributed by atoms with Crippen LogP contribution in [0.3, 0.4) is 0 Å². The highest BCUT2D eigenvalue weighted by atomic mass is 35.5. The van der Waals surface area contributed by atoms with Gasteiger partial charge >= 0.3 is 0 Å². The number of nitrogens with zero attached hydrogens (tertiary/aromatic N) is 2. The maximum Gasteiger partial charge on any atom is 0.264 e. The molecule has 0 saturated heterocycles. The van der Waals surface area contributed by atoms with E-state index < -0.39 is 34.4 Å². The van der Waals surface area contributed by atoms with Crippen molar-refractivity contribution in [2.24, 2.45) is 0 Å². The molecule has 12 heteroatoms. The molecular weight excluding hydrogens is 628 g/mol. The number of aryl methyl sites for hydroxylation is 1. The fourth-order valence-electron chi connectivity index (χ4n) is 4.20. The number of carbonyl (C=O) groups excluding carboxylic acids is 2. The highest BCUT2D eigenvalue weighted by Gasteiger charge is 2.34. The molecule has 0 radical (unpaired) electrons. The van der Waals surface area contributed by atoms with Crippen molar-refractivity contribution >= 4 is 73.9 Å². The van der Waals surface area contributed by atoms with E-state index in [0.717, 1.165) is 9.87 Å². The minimum absolute atomic E-state index is 0.0303. The van der Waals surface area contributed by atoms with Crippen molar-refractivity contribution < 1.29 is 18.0 Å². The Hall–Kier alpha value is -2.49. The monoisotopic (exact) mass is 657 g/mol. The van der Waals surface area contributed by atoms with Gasteiger partial charge in [-0.25, -0.2) is 8.42 Å². The van der Waals surface area contributed by atoms with Gasteiger partial charge in [-0.05, 0) is 69.7 Å². The predicted octanol–water partition coefficient (Wildman–Crippen LogP) is 7.14. The molecule has 0 spiro atoms. The first-order chi connectivity index (χ1) is 19.2. The van der Waals surface area contributed by atoms with E-state index in [1.807, 2.05) is 6.92 Å². The molecule has 0 aliphatic heterocycles. The second kappa shape index (κ2) is 14.1. The lowest BCUT2D eigenvalue weighted by Crippen LogP contribution is -2.53. The fourth-order valence-corrected chi connectivity index (χ4v) is 6.63. The second-order valence-corrected chi connectivity index (χ2v) is 13.3. The summed E-state index contributed by atoms with van der Waals surface area (Å²) in [7, 11) is -4.28. The van der Waals surface area contributed by atoms with Gasteiger partial charge < -0.3 is 10.2 Å². The molecule has 0 unspecified atom stereocenters. The van der Waals surface area contributed by atoms with Gasteiger partial charge in [-0.1, -0.05) is 77.1 Å². The molecule has 3 rings (SSSR count). The summed E-state index contributed by atoms with van der Waals surface area (Å²) >= 11 is 25.3. The number of rotatable bonds is 11. The largest absolute Gasteiger partial charge is 0.352 e. The van der Waals surface area contributed by atoms with E-state index in [-0.39, 0.29) is 39.6 Å². The van der Waals surface area contributed by atoms with Crippen LogP contribution in [0.25, 0.3) is 0 Å². The Balaban J connectivity index is 2.14. The lowest BCUT2D eigenvalue weighted by atomic mass is 10.1. The van der Waals surface area contributed by atoms with Crippen molar-refractivity contribution in [3.63, 3.8) is 0 Å². The van der Waals surface area contributed by atoms with Crippen molar-refractivity contribution in [3.05, 3.63) is 91.9 Å². The molecule has 0 aliphatic rings. The van der Waals surface area contributed by atoms with E-state index in [9.17, 15) is 18.0 Å². The summed E-state index contributed by atoms with van der Waals surface area (Å²) in [5.74, 6) is -1.05. The highest BCUT2D eigenvalue weighted by molar-refractivity contribution is 7.92. The van der Waals surface area contributed by atoms with Gasteiger partial charge in [-0.2, -0.15) is 0 Å². The molecule has 3 aromatic carbocycles. The molecule has 0 heterocycles. The molecule has 41 heavy (non-hydrogen) atoms.